The van der Waals surface area contributed by atoms with E-state index in [0.29, 0.717) is 17.1 Å². The van der Waals surface area contributed by atoms with Gasteiger partial charge < -0.3 is 15.8 Å². The first-order valence-corrected chi connectivity index (χ1v) is 7.38. The molecule has 1 aromatic carbocycles. The molecule has 1 aliphatic rings. The Kier molecular flexibility index (Phi) is 3.54. The molecule has 2 aromatic rings. The third-order valence-electron chi connectivity index (χ3n) is 2.66. The zero-order valence-corrected chi connectivity index (χ0v) is 12.6. The topological polar surface area (TPSA) is 77.2 Å². The molecule has 3 N–H and O–H groups in total. The molecular formula is C13H10BrN3O2S. The summed E-state index contributed by atoms with van der Waals surface area (Å²) in [5.74, 6) is 0.426. The van der Waals surface area contributed by atoms with Crippen LogP contribution in [0.3, 0.4) is 0 Å². The lowest BCUT2D eigenvalue weighted by molar-refractivity contribution is -0.118. The van der Waals surface area contributed by atoms with Crippen LogP contribution in [0.15, 0.2) is 44.9 Å². The summed E-state index contributed by atoms with van der Waals surface area (Å²) in [6.45, 7) is 0.0210. The minimum Gasteiger partial charge on any atom is -0.482 e. The summed E-state index contributed by atoms with van der Waals surface area (Å²) in [7, 11) is 0. The van der Waals surface area contributed by atoms with E-state index >= 15 is 0 Å². The summed E-state index contributed by atoms with van der Waals surface area (Å²) >= 11 is 4.77. The van der Waals surface area contributed by atoms with Gasteiger partial charge in [0.25, 0.3) is 5.91 Å². The predicted molar refractivity (Wildman–Crippen MR) is 81.0 cm³/mol. The van der Waals surface area contributed by atoms with Gasteiger partial charge in [0.1, 0.15) is 10.8 Å². The number of rotatable bonds is 2. The monoisotopic (exact) mass is 351 g/mol. The van der Waals surface area contributed by atoms with Gasteiger partial charge >= 0.3 is 0 Å². The zero-order chi connectivity index (χ0) is 14.1. The minimum atomic E-state index is -0.167. The summed E-state index contributed by atoms with van der Waals surface area (Å²) in [4.78, 5) is 16.4. The second kappa shape index (κ2) is 5.34. The third-order valence-corrected chi connectivity index (χ3v) is 4.15. The molecule has 1 aromatic heterocycles. The van der Waals surface area contributed by atoms with Gasteiger partial charge in [-0.1, -0.05) is 11.8 Å². The third kappa shape index (κ3) is 2.73. The van der Waals surface area contributed by atoms with Gasteiger partial charge in [-0.05, 0) is 34.1 Å². The number of nitrogens with zero attached hydrogens (tertiary/aromatic N) is 1. The maximum atomic E-state index is 11.3. The van der Waals surface area contributed by atoms with Gasteiger partial charge in [0.05, 0.1) is 5.69 Å². The van der Waals surface area contributed by atoms with E-state index in [4.69, 9.17) is 10.5 Å². The molecule has 102 valence electrons. The molecular weight excluding hydrogens is 342 g/mol. The summed E-state index contributed by atoms with van der Waals surface area (Å²) in [6, 6.07) is 7.32. The smallest absolute Gasteiger partial charge is 0.262 e. The Bertz CT molecular complexity index is 676. The lowest BCUT2D eigenvalue weighted by Crippen LogP contribution is -2.25. The maximum absolute atomic E-state index is 11.3. The van der Waals surface area contributed by atoms with E-state index in [2.05, 4.69) is 26.2 Å². The number of anilines is 2. The molecule has 1 aliphatic heterocycles. The molecule has 0 bridgehead atoms. The molecule has 20 heavy (non-hydrogen) atoms. The van der Waals surface area contributed by atoms with Gasteiger partial charge in [-0.25, -0.2) is 4.98 Å². The van der Waals surface area contributed by atoms with Gasteiger partial charge in [0.2, 0.25) is 0 Å². The Balaban J connectivity index is 1.91. The Morgan fingerprint density at radius 3 is 3.00 bits per heavy atom. The Labute approximate surface area is 128 Å². The van der Waals surface area contributed by atoms with Crippen LogP contribution < -0.4 is 15.8 Å². The van der Waals surface area contributed by atoms with Crippen molar-refractivity contribution in [1.82, 2.24) is 4.98 Å². The van der Waals surface area contributed by atoms with Gasteiger partial charge in [-0.2, -0.15) is 0 Å². The molecule has 3 rings (SSSR count). The number of pyridine rings is 1. The molecule has 1 amide bonds. The number of aromatic nitrogens is 1. The molecule has 5 nitrogen and oxygen atoms in total. The molecule has 0 unspecified atom stereocenters. The predicted octanol–water partition coefficient (Wildman–Crippen LogP) is 2.91. The van der Waals surface area contributed by atoms with Gasteiger partial charge in [0, 0.05) is 27.3 Å². The number of nitrogens with one attached hydrogen (secondary N) is 1. The first-order valence-electron chi connectivity index (χ1n) is 5.77. The highest BCUT2D eigenvalue weighted by molar-refractivity contribution is 9.10. The number of ether oxygens (including phenoxy) is 1. The first-order chi connectivity index (χ1) is 9.61. The Morgan fingerprint density at radius 2 is 2.25 bits per heavy atom. The van der Waals surface area contributed by atoms with Crippen LogP contribution in [0.25, 0.3) is 0 Å². The summed E-state index contributed by atoms with van der Waals surface area (Å²) in [5.41, 5.74) is 7.23. The fraction of sp³-hybridized carbons (Fsp3) is 0.0769. The number of nitrogen functional groups attached to an aromatic ring is 1. The lowest BCUT2D eigenvalue weighted by atomic mass is 10.2. The molecule has 0 radical (unpaired) electrons. The largest absolute Gasteiger partial charge is 0.482 e. The molecule has 7 heteroatoms. The van der Waals surface area contributed by atoms with Crippen molar-refractivity contribution in [3.8, 4) is 5.75 Å². The zero-order valence-electron chi connectivity index (χ0n) is 10.2. The number of fused-ring (bicyclic) bond motifs is 1. The quantitative estimate of drug-likeness (QED) is 0.813. The number of carbonyl (C=O) groups excluding carboxylic acids is 1. The SMILES string of the molecule is Nc1cc2c(cc1Sc1ccc(Br)cn1)NC(=O)CO2. The van der Waals surface area contributed by atoms with Crippen LogP contribution in [0.2, 0.25) is 0 Å². The number of carbonyl (C=O) groups is 1. The number of amides is 1. The highest BCUT2D eigenvalue weighted by atomic mass is 79.9. The number of benzene rings is 1. The average molecular weight is 352 g/mol. The highest BCUT2D eigenvalue weighted by Crippen LogP contribution is 2.39. The number of nitrogens with two attached hydrogens (primary N) is 1. The van der Waals surface area contributed by atoms with Crippen LogP contribution in [0, 0.1) is 0 Å². The van der Waals surface area contributed by atoms with Crippen molar-refractivity contribution in [2.45, 2.75) is 9.92 Å². The van der Waals surface area contributed by atoms with Crippen molar-refractivity contribution in [3.05, 3.63) is 34.9 Å². The standard InChI is InChI=1S/C13H10BrN3O2S/c14-7-1-2-13(16-5-7)20-11-4-9-10(3-8(11)15)19-6-12(18)17-9/h1-5H,6,15H2,(H,17,18). The minimum absolute atomic E-state index is 0.0210. The molecule has 0 fully saturated rings. The molecule has 0 saturated heterocycles. The van der Waals surface area contributed by atoms with Crippen molar-refractivity contribution in [2.75, 3.05) is 17.7 Å². The van der Waals surface area contributed by atoms with Crippen LogP contribution >= 0.6 is 27.7 Å². The van der Waals surface area contributed by atoms with Crippen molar-refractivity contribution >= 4 is 45.0 Å². The van der Waals surface area contributed by atoms with E-state index in [9.17, 15) is 4.79 Å². The van der Waals surface area contributed by atoms with Crippen molar-refractivity contribution in [2.24, 2.45) is 0 Å². The van der Waals surface area contributed by atoms with E-state index < -0.39 is 0 Å². The number of hydrogen-bond acceptors (Lipinski definition) is 5. The van der Waals surface area contributed by atoms with Crippen LogP contribution in [-0.4, -0.2) is 17.5 Å². The van der Waals surface area contributed by atoms with E-state index in [1.165, 1.54) is 11.8 Å². The molecule has 0 saturated carbocycles. The Morgan fingerprint density at radius 1 is 1.40 bits per heavy atom. The molecule has 2 heterocycles. The molecule has 0 spiro atoms. The van der Waals surface area contributed by atoms with Crippen LogP contribution in [0.4, 0.5) is 11.4 Å². The summed E-state index contributed by atoms with van der Waals surface area (Å²) < 4.78 is 6.23. The fourth-order valence-electron chi connectivity index (χ4n) is 1.75. The van der Waals surface area contributed by atoms with Crippen LogP contribution in [0.5, 0.6) is 5.75 Å². The molecule has 0 atom stereocenters. The number of halogens is 1. The molecule has 0 aliphatic carbocycles. The van der Waals surface area contributed by atoms with Crippen LogP contribution in [0.1, 0.15) is 0 Å². The second-order valence-corrected chi connectivity index (χ2v) is 6.12. The first kappa shape index (κ1) is 13.3. The van der Waals surface area contributed by atoms with E-state index in [0.717, 1.165) is 14.4 Å². The van der Waals surface area contributed by atoms with Gasteiger partial charge in [-0.3, -0.25) is 4.79 Å². The van der Waals surface area contributed by atoms with Crippen molar-refractivity contribution in [1.29, 1.82) is 0 Å². The normalized spacial score (nSPS) is 13.3. The van der Waals surface area contributed by atoms with Gasteiger partial charge in [0.15, 0.2) is 6.61 Å². The second-order valence-electron chi connectivity index (χ2n) is 4.14. The maximum Gasteiger partial charge on any atom is 0.262 e. The van der Waals surface area contributed by atoms with E-state index in [1.54, 1.807) is 18.3 Å². The highest BCUT2D eigenvalue weighted by Gasteiger charge is 2.18. The Hall–Kier alpha value is -1.73. The van der Waals surface area contributed by atoms with Crippen LogP contribution in [-0.2, 0) is 4.79 Å². The van der Waals surface area contributed by atoms with Crippen molar-refractivity contribution < 1.29 is 9.53 Å². The summed E-state index contributed by atoms with van der Waals surface area (Å²) in [6.07, 6.45) is 1.72. The number of hydrogen-bond donors (Lipinski definition) is 2. The summed E-state index contributed by atoms with van der Waals surface area (Å²) in [5, 5.41) is 3.58. The van der Waals surface area contributed by atoms with E-state index in [-0.39, 0.29) is 12.5 Å². The van der Waals surface area contributed by atoms with E-state index in [1.807, 2.05) is 12.1 Å². The average Bonchev–Trinajstić information content (AvgIpc) is 2.42. The van der Waals surface area contributed by atoms with Crippen molar-refractivity contribution in [3.63, 3.8) is 0 Å². The fourth-order valence-corrected chi connectivity index (χ4v) is 2.80. The van der Waals surface area contributed by atoms with Gasteiger partial charge in [-0.15, -0.1) is 0 Å². The lowest BCUT2D eigenvalue weighted by Gasteiger charge is -2.19.